The molecule has 7 rings (SSSR count). The molecular formula is C39H47Cl2N3O4S. The zero-order valence-corrected chi connectivity index (χ0v) is 30.9. The van der Waals surface area contributed by atoms with Crippen LogP contribution in [0.1, 0.15) is 75.5 Å². The van der Waals surface area contributed by atoms with Crippen molar-refractivity contribution in [3.8, 4) is 0 Å². The van der Waals surface area contributed by atoms with Crippen LogP contribution in [-0.2, 0) is 38.0 Å². The van der Waals surface area contributed by atoms with Crippen LogP contribution in [0.5, 0.6) is 0 Å². The highest BCUT2D eigenvalue weighted by atomic mass is 35.5. The molecule has 4 saturated carbocycles. The maximum Gasteiger partial charge on any atom is 0.244 e. The predicted molar refractivity (Wildman–Crippen MR) is 197 cm³/mol. The second-order valence-corrected chi connectivity index (χ2v) is 17.5. The first kappa shape index (κ1) is 35.7. The summed E-state index contributed by atoms with van der Waals surface area (Å²) in [5.74, 6) is 1.57. The Balaban J connectivity index is 1.32. The van der Waals surface area contributed by atoms with E-state index in [2.05, 4.69) is 17.4 Å². The molecule has 262 valence electrons. The van der Waals surface area contributed by atoms with Gasteiger partial charge in [-0.1, -0.05) is 78.7 Å². The summed E-state index contributed by atoms with van der Waals surface area (Å²) < 4.78 is 27.9. The number of sulfonamides is 1. The van der Waals surface area contributed by atoms with E-state index in [9.17, 15) is 18.0 Å². The smallest absolute Gasteiger partial charge is 0.244 e. The minimum absolute atomic E-state index is 0.0315. The molecule has 3 aromatic rings. The highest BCUT2D eigenvalue weighted by molar-refractivity contribution is 7.92. The van der Waals surface area contributed by atoms with Crippen LogP contribution >= 0.6 is 23.2 Å². The first-order valence-electron chi connectivity index (χ1n) is 17.5. The topological polar surface area (TPSA) is 86.8 Å². The molecule has 10 heteroatoms. The van der Waals surface area contributed by atoms with Crippen molar-refractivity contribution >= 4 is 50.7 Å². The summed E-state index contributed by atoms with van der Waals surface area (Å²) in [7, 11) is -3.87. The van der Waals surface area contributed by atoms with Crippen LogP contribution in [0.3, 0.4) is 0 Å². The number of hydrogen-bond acceptors (Lipinski definition) is 4. The van der Waals surface area contributed by atoms with Crippen LogP contribution in [0.2, 0.25) is 10.0 Å². The van der Waals surface area contributed by atoms with Gasteiger partial charge in [0.15, 0.2) is 0 Å². The molecule has 0 radical (unpaired) electrons. The molecule has 0 spiro atoms. The number of anilines is 1. The second-order valence-electron chi connectivity index (χ2n) is 14.8. The van der Waals surface area contributed by atoms with Gasteiger partial charge in [-0.05, 0) is 116 Å². The standard InChI is InChI=1S/C39H47Cl2N3O4S/c1-4-26(2)42-38(46)36(20-27-8-6-5-7-9-27)43(24-28-10-15-34(40)35(41)19-28)37(45)25-44(49(3,47)48)33-13-11-32(12-14-33)39-21-29-16-30(22-39)18-31(17-29)23-39/h5-15,19,26,29-31,36H,4,16-18,20-25H2,1-3H3,(H,42,46). The minimum Gasteiger partial charge on any atom is -0.352 e. The molecule has 4 aliphatic rings. The molecule has 0 heterocycles. The monoisotopic (exact) mass is 723 g/mol. The number of halogens is 2. The maximum atomic E-state index is 14.5. The SMILES string of the molecule is CCC(C)NC(=O)C(Cc1ccccc1)N(Cc1ccc(Cl)c(Cl)c1)C(=O)CN(c1ccc(C23CC4CC(CC(C4)C2)C3)cc1)S(C)(=O)=O. The van der Waals surface area contributed by atoms with Crippen LogP contribution in [0.25, 0.3) is 0 Å². The van der Waals surface area contributed by atoms with Gasteiger partial charge in [0.2, 0.25) is 21.8 Å². The third kappa shape index (κ3) is 8.13. The van der Waals surface area contributed by atoms with Crippen molar-refractivity contribution in [1.29, 1.82) is 0 Å². The Morgan fingerprint density at radius 1 is 0.878 bits per heavy atom. The van der Waals surface area contributed by atoms with E-state index in [1.165, 1.54) is 49.0 Å². The molecule has 2 atom stereocenters. The number of benzene rings is 3. The van der Waals surface area contributed by atoms with Crippen molar-refractivity contribution in [3.05, 3.63) is 99.5 Å². The van der Waals surface area contributed by atoms with Gasteiger partial charge in [-0.25, -0.2) is 8.42 Å². The molecule has 49 heavy (non-hydrogen) atoms. The lowest BCUT2D eigenvalue weighted by atomic mass is 9.48. The van der Waals surface area contributed by atoms with E-state index >= 15 is 0 Å². The van der Waals surface area contributed by atoms with Crippen molar-refractivity contribution < 1.29 is 18.0 Å². The average molecular weight is 725 g/mol. The Bertz CT molecular complexity index is 1730. The minimum atomic E-state index is -3.87. The summed E-state index contributed by atoms with van der Waals surface area (Å²) in [5.41, 5.74) is 3.43. The molecular weight excluding hydrogens is 677 g/mol. The number of hydrogen-bond donors (Lipinski definition) is 1. The largest absolute Gasteiger partial charge is 0.352 e. The fourth-order valence-corrected chi connectivity index (χ4v) is 10.1. The van der Waals surface area contributed by atoms with E-state index in [-0.39, 0.29) is 30.3 Å². The molecule has 1 N–H and O–H groups in total. The van der Waals surface area contributed by atoms with Crippen LogP contribution in [0.4, 0.5) is 5.69 Å². The molecule has 3 aromatic carbocycles. The van der Waals surface area contributed by atoms with Gasteiger partial charge in [-0.2, -0.15) is 0 Å². The highest BCUT2D eigenvalue weighted by Gasteiger charge is 2.51. The summed E-state index contributed by atoms with van der Waals surface area (Å²) in [5, 5.41) is 3.76. The lowest BCUT2D eigenvalue weighted by Crippen LogP contribution is -2.54. The molecule has 0 aromatic heterocycles. The summed E-state index contributed by atoms with van der Waals surface area (Å²) in [6.07, 6.45) is 9.74. The Morgan fingerprint density at radius 2 is 1.49 bits per heavy atom. The molecule has 4 bridgehead atoms. The van der Waals surface area contributed by atoms with Crippen molar-refractivity contribution in [2.75, 3.05) is 17.1 Å². The molecule has 7 nitrogen and oxygen atoms in total. The van der Waals surface area contributed by atoms with Gasteiger partial charge in [0.05, 0.1) is 22.0 Å². The molecule has 0 aliphatic heterocycles. The van der Waals surface area contributed by atoms with Gasteiger partial charge >= 0.3 is 0 Å². The van der Waals surface area contributed by atoms with Crippen molar-refractivity contribution in [2.45, 2.75) is 89.3 Å². The fourth-order valence-electron chi connectivity index (χ4n) is 8.89. The lowest BCUT2D eigenvalue weighted by molar-refractivity contribution is -0.140. The zero-order chi connectivity index (χ0) is 34.9. The third-order valence-electron chi connectivity index (χ3n) is 11.1. The first-order valence-corrected chi connectivity index (χ1v) is 20.1. The normalized spacial score (nSPS) is 23.9. The van der Waals surface area contributed by atoms with E-state index in [1.807, 2.05) is 56.3 Å². The molecule has 0 saturated heterocycles. The number of carbonyl (C=O) groups excluding carboxylic acids is 2. The van der Waals surface area contributed by atoms with E-state index in [4.69, 9.17) is 23.2 Å². The molecule has 2 amide bonds. The van der Waals surface area contributed by atoms with Gasteiger partial charge in [0.25, 0.3) is 0 Å². The highest BCUT2D eigenvalue weighted by Crippen LogP contribution is 2.60. The Hall–Kier alpha value is -3.07. The predicted octanol–water partition coefficient (Wildman–Crippen LogP) is 7.78. The van der Waals surface area contributed by atoms with E-state index in [0.29, 0.717) is 27.7 Å². The van der Waals surface area contributed by atoms with E-state index in [0.717, 1.165) is 33.9 Å². The molecule has 2 unspecified atom stereocenters. The van der Waals surface area contributed by atoms with Crippen molar-refractivity contribution in [3.63, 3.8) is 0 Å². The Labute approximate surface area is 301 Å². The Morgan fingerprint density at radius 3 is 2.04 bits per heavy atom. The Kier molecular flexibility index (Phi) is 10.7. The van der Waals surface area contributed by atoms with Crippen LogP contribution in [0.15, 0.2) is 72.8 Å². The number of nitrogens with one attached hydrogen (secondary N) is 1. The summed E-state index contributed by atoms with van der Waals surface area (Å²) in [4.78, 5) is 29.9. The van der Waals surface area contributed by atoms with E-state index < -0.39 is 28.5 Å². The number of rotatable bonds is 13. The number of carbonyl (C=O) groups is 2. The number of nitrogens with zero attached hydrogens (tertiary/aromatic N) is 2. The zero-order valence-electron chi connectivity index (χ0n) is 28.6. The van der Waals surface area contributed by atoms with E-state index in [1.54, 1.807) is 18.2 Å². The van der Waals surface area contributed by atoms with Gasteiger partial charge in [0.1, 0.15) is 12.6 Å². The fraction of sp³-hybridized carbons (Fsp3) is 0.487. The van der Waals surface area contributed by atoms with Crippen molar-refractivity contribution in [2.24, 2.45) is 17.8 Å². The third-order valence-corrected chi connectivity index (χ3v) is 13.0. The van der Waals surface area contributed by atoms with Crippen LogP contribution < -0.4 is 9.62 Å². The lowest BCUT2D eigenvalue weighted by Gasteiger charge is -2.57. The summed E-state index contributed by atoms with van der Waals surface area (Å²) in [6.45, 7) is 3.47. The van der Waals surface area contributed by atoms with Gasteiger partial charge < -0.3 is 10.2 Å². The summed E-state index contributed by atoms with van der Waals surface area (Å²) in [6, 6.07) is 21.4. The van der Waals surface area contributed by atoms with Gasteiger partial charge in [-0.15, -0.1) is 0 Å². The average Bonchev–Trinajstić information content (AvgIpc) is 3.06. The molecule has 4 fully saturated rings. The van der Waals surface area contributed by atoms with Crippen LogP contribution in [0, 0.1) is 17.8 Å². The summed E-state index contributed by atoms with van der Waals surface area (Å²) >= 11 is 12.6. The van der Waals surface area contributed by atoms with Crippen LogP contribution in [-0.4, -0.2) is 50.0 Å². The van der Waals surface area contributed by atoms with Crippen molar-refractivity contribution in [1.82, 2.24) is 10.2 Å². The first-order chi connectivity index (χ1) is 23.3. The second kappa shape index (κ2) is 14.7. The maximum absolute atomic E-state index is 14.5. The van der Waals surface area contributed by atoms with Gasteiger partial charge in [0, 0.05) is 19.0 Å². The molecule has 4 aliphatic carbocycles. The number of amides is 2. The van der Waals surface area contributed by atoms with Gasteiger partial charge in [-0.3, -0.25) is 13.9 Å². The quantitative estimate of drug-likeness (QED) is 0.195.